The van der Waals surface area contributed by atoms with E-state index >= 15 is 0 Å². The summed E-state index contributed by atoms with van der Waals surface area (Å²) in [7, 11) is 0. The van der Waals surface area contributed by atoms with Crippen LogP contribution in [-0.4, -0.2) is 17.8 Å². The zero-order valence-corrected chi connectivity index (χ0v) is 10.1. The Hall–Kier alpha value is -0.380. The van der Waals surface area contributed by atoms with Crippen molar-refractivity contribution in [2.45, 2.75) is 39.8 Å². The van der Waals surface area contributed by atoms with Crippen molar-refractivity contribution < 1.29 is 5.11 Å². The van der Waals surface area contributed by atoms with Crippen molar-refractivity contribution in [2.24, 2.45) is 0 Å². The average Bonchev–Trinajstić information content (AvgIpc) is 2.41. The fourth-order valence-electron chi connectivity index (χ4n) is 1.54. The predicted octanol–water partition coefficient (Wildman–Crippen LogP) is 2.40. The Morgan fingerprint density at radius 1 is 1.43 bits per heavy atom. The van der Waals surface area contributed by atoms with Crippen LogP contribution in [0.2, 0.25) is 0 Å². The third-order valence-corrected chi connectivity index (χ3v) is 3.25. The van der Waals surface area contributed by atoms with E-state index in [1.54, 1.807) is 6.92 Å². The number of nitrogens with one attached hydrogen (secondary N) is 1. The Morgan fingerprint density at radius 2 is 2.07 bits per heavy atom. The van der Waals surface area contributed by atoms with Crippen LogP contribution in [0.25, 0.3) is 0 Å². The number of thiophene rings is 1. The number of aliphatic hydroxyl groups is 1. The fourth-order valence-corrected chi connectivity index (χ4v) is 2.56. The van der Waals surface area contributed by atoms with Crippen molar-refractivity contribution in [1.82, 2.24) is 5.32 Å². The van der Waals surface area contributed by atoms with Crippen LogP contribution in [0.5, 0.6) is 0 Å². The molecular formula is C11H19NOS. The number of hydrogen-bond donors (Lipinski definition) is 2. The van der Waals surface area contributed by atoms with Gasteiger partial charge in [0, 0.05) is 22.3 Å². The molecule has 80 valence electrons. The summed E-state index contributed by atoms with van der Waals surface area (Å²) in [6.45, 7) is 8.86. The van der Waals surface area contributed by atoms with E-state index in [1.165, 1.54) is 15.3 Å². The Kier molecular flexibility index (Phi) is 4.11. The van der Waals surface area contributed by atoms with Crippen LogP contribution in [-0.2, 0) is 0 Å². The van der Waals surface area contributed by atoms with Crippen LogP contribution in [0.15, 0.2) is 6.07 Å². The first-order valence-electron chi connectivity index (χ1n) is 4.99. The largest absolute Gasteiger partial charge is 0.392 e. The molecule has 2 nitrogen and oxygen atoms in total. The average molecular weight is 213 g/mol. The Balaban J connectivity index is 2.60. The minimum absolute atomic E-state index is 0.280. The summed E-state index contributed by atoms with van der Waals surface area (Å²) >= 11 is 1.83. The lowest BCUT2D eigenvalue weighted by Crippen LogP contribution is -2.27. The van der Waals surface area contributed by atoms with Crippen LogP contribution in [0, 0.1) is 13.8 Å². The van der Waals surface area contributed by atoms with Crippen LogP contribution < -0.4 is 5.32 Å². The van der Waals surface area contributed by atoms with E-state index in [2.05, 4.69) is 32.2 Å². The highest BCUT2D eigenvalue weighted by Crippen LogP contribution is 2.25. The molecule has 0 saturated carbocycles. The topological polar surface area (TPSA) is 32.3 Å². The molecule has 1 aromatic rings. The van der Waals surface area contributed by atoms with Crippen LogP contribution in [0.1, 0.15) is 35.2 Å². The maximum absolute atomic E-state index is 9.16. The van der Waals surface area contributed by atoms with Crippen LogP contribution in [0.3, 0.4) is 0 Å². The molecule has 2 unspecified atom stereocenters. The lowest BCUT2D eigenvalue weighted by Gasteiger charge is -2.14. The summed E-state index contributed by atoms with van der Waals surface area (Å²) in [4.78, 5) is 2.72. The Bertz CT molecular complexity index is 293. The van der Waals surface area contributed by atoms with Gasteiger partial charge >= 0.3 is 0 Å². The second-order valence-corrected chi connectivity index (χ2v) is 5.31. The van der Waals surface area contributed by atoms with Gasteiger partial charge in [0.2, 0.25) is 0 Å². The van der Waals surface area contributed by atoms with Crippen LogP contribution in [0.4, 0.5) is 0 Å². The van der Waals surface area contributed by atoms with Gasteiger partial charge in [-0.2, -0.15) is 0 Å². The molecular weight excluding hydrogens is 194 g/mol. The minimum atomic E-state index is -0.280. The molecule has 0 aliphatic heterocycles. The van der Waals surface area contributed by atoms with Crippen molar-refractivity contribution in [2.75, 3.05) is 6.54 Å². The maximum Gasteiger partial charge on any atom is 0.0636 e. The van der Waals surface area contributed by atoms with Crippen molar-refractivity contribution in [1.29, 1.82) is 0 Å². The Labute approximate surface area is 90.0 Å². The molecule has 0 aliphatic rings. The molecule has 2 atom stereocenters. The second-order valence-electron chi connectivity index (χ2n) is 3.85. The van der Waals surface area contributed by atoms with E-state index in [-0.39, 0.29) is 6.10 Å². The normalized spacial score (nSPS) is 15.5. The van der Waals surface area contributed by atoms with Gasteiger partial charge in [-0.05, 0) is 39.3 Å². The molecule has 0 bridgehead atoms. The maximum atomic E-state index is 9.16. The van der Waals surface area contributed by atoms with E-state index in [4.69, 9.17) is 5.11 Å². The standard InChI is InChI=1S/C11H19NOS/c1-7(13)6-12-9(3)11-5-8(2)14-10(11)4/h5,7,9,12-13H,6H2,1-4H3. The van der Waals surface area contributed by atoms with E-state index in [1.807, 2.05) is 11.3 Å². The quantitative estimate of drug-likeness (QED) is 0.805. The van der Waals surface area contributed by atoms with Gasteiger partial charge in [0.1, 0.15) is 0 Å². The molecule has 0 aliphatic carbocycles. The lowest BCUT2D eigenvalue weighted by atomic mass is 10.1. The van der Waals surface area contributed by atoms with Crippen molar-refractivity contribution in [3.05, 3.63) is 21.4 Å². The summed E-state index contributed by atoms with van der Waals surface area (Å²) < 4.78 is 0. The third-order valence-electron chi connectivity index (χ3n) is 2.27. The molecule has 1 aromatic heterocycles. The summed E-state index contributed by atoms with van der Waals surface area (Å²) in [5.74, 6) is 0. The molecule has 0 spiro atoms. The van der Waals surface area contributed by atoms with Gasteiger partial charge in [-0.25, -0.2) is 0 Å². The van der Waals surface area contributed by atoms with Crippen molar-refractivity contribution >= 4 is 11.3 Å². The first-order chi connectivity index (χ1) is 6.50. The summed E-state index contributed by atoms with van der Waals surface area (Å²) in [6.07, 6.45) is -0.280. The van der Waals surface area contributed by atoms with Gasteiger partial charge in [0.25, 0.3) is 0 Å². The molecule has 14 heavy (non-hydrogen) atoms. The van der Waals surface area contributed by atoms with Crippen molar-refractivity contribution in [3.8, 4) is 0 Å². The monoisotopic (exact) mass is 213 g/mol. The van der Waals surface area contributed by atoms with Crippen molar-refractivity contribution in [3.63, 3.8) is 0 Å². The third kappa shape index (κ3) is 3.08. The molecule has 2 N–H and O–H groups in total. The van der Waals surface area contributed by atoms with Gasteiger partial charge in [-0.15, -0.1) is 11.3 Å². The SMILES string of the molecule is Cc1cc(C(C)NCC(C)O)c(C)s1. The molecule has 1 rings (SSSR count). The number of aryl methyl sites for hydroxylation is 2. The first-order valence-corrected chi connectivity index (χ1v) is 5.80. The molecule has 0 fully saturated rings. The molecule has 0 saturated heterocycles. The Morgan fingerprint density at radius 3 is 2.50 bits per heavy atom. The second kappa shape index (κ2) is 4.91. The molecule has 0 aromatic carbocycles. The number of hydrogen-bond acceptors (Lipinski definition) is 3. The summed E-state index contributed by atoms with van der Waals surface area (Å²) in [5.41, 5.74) is 1.35. The minimum Gasteiger partial charge on any atom is -0.392 e. The van der Waals surface area contributed by atoms with E-state index < -0.39 is 0 Å². The van der Waals surface area contributed by atoms with E-state index in [0.29, 0.717) is 12.6 Å². The van der Waals surface area contributed by atoms with Gasteiger partial charge in [-0.3, -0.25) is 0 Å². The van der Waals surface area contributed by atoms with E-state index in [9.17, 15) is 0 Å². The van der Waals surface area contributed by atoms with Gasteiger partial charge < -0.3 is 10.4 Å². The summed E-state index contributed by atoms with van der Waals surface area (Å²) in [5, 5.41) is 12.5. The van der Waals surface area contributed by atoms with Gasteiger partial charge in [-0.1, -0.05) is 0 Å². The van der Waals surface area contributed by atoms with Crippen LogP contribution >= 0.6 is 11.3 Å². The highest BCUT2D eigenvalue weighted by Gasteiger charge is 2.10. The molecule has 1 heterocycles. The van der Waals surface area contributed by atoms with E-state index in [0.717, 1.165) is 0 Å². The predicted molar refractivity (Wildman–Crippen MR) is 61.9 cm³/mol. The molecule has 3 heteroatoms. The highest BCUT2D eigenvalue weighted by molar-refractivity contribution is 7.12. The van der Waals surface area contributed by atoms with Gasteiger partial charge in [0.15, 0.2) is 0 Å². The lowest BCUT2D eigenvalue weighted by molar-refractivity contribution is 0.187. The molecule has 0 radical (unpaired) electrons. The zero-order chi connectivity index (χ0) is 10.7. The molecule has 0 amide bonds. The van der Waals surface area contributed by atoms with Gasteiger partial charge in [0.05, 0.1) is 6.10 Å². The fraction of sp³-hybridized carbons (Fsp3) is 0.636. The number of rotatable bonds is 4. The first kappa shape index (κ1) is 11.7. The smallest absolute Gasteiger partial charge is 0.0636 e. The number of aliphatic hydroxyl groups excluding tert-OH is 1. The summed E-state index contributed by atoms with van der Waals surface area (Å²) in [6, 6.07) is 2.55. The highest BCUT2D eigenvalue weighted by atomic mass is 32.1. The zero-order valence-electron chi connectivity index (χ0n) is 9.29.